The normalized spacial score (nSPS) is 10.9. The SMILES string of the molecule is CCn1ncc(NC(=O)c2ccn(COc3ccc(Cl)cc3C)n2)c1C(=O)Nc1cnn(C)c1C. The lowest BCUT2D eigenvalue weighted by molar-refractivity contribution is 0.101. The highest BCUT2D eigenvalue weighted by molar-refractivity contribution is 6.30. The molecule has 182 valence electrons. The zero-order valence-electron chi connectivity index (χ0n) is 19.7. The van der Waals surface area contributed by atoms with Crippen molar-refractivity contribution in [2.45, 2.75) is 34.0 Å². The lowest BCUT2D eigenvalue weighted by Crippen LogP contribution is -2.21. The van der Waals surface area contributed by atoms with Gasteiger partial charge >= 0.3 is 0 Å². The highest BCUT2D eigenvalue weighted by Gasteiger charge is 2.22. The van der Waals surface area contributed by atoms with Crippen molar-refractivity contribution in [2.24, 2.45) is 7.05 Å². The lowest BCUT2D eigenvalue weighted by Gasteiger charge is -2.10. The molecule has 0 aliphatic rings. The fraction of sp³-hybridized carbons (Fsp3) is 0.261. The Bertz CT molecular complexity index is 1390. The van der Waals surface area contributed by atoms with Gasteiger partial charge in [0.1, 0.15) is 11.4 Å². The van der Waals surface area contributed by atoms with Gasteiger partial charge in [-0.2, -0.15) is 15.3 Å². The summed E-state index contributed by atoms with van der Waals surface area (Å²) in [6.07, 6.45) is 4.64. The van der Waals surface area contributed by atoms with Crippen molar-refractivity contribution in [3.05, 3.63) is 70.5 Å². The first-order chi connectivity index (χ1) is 16.8. The van der Waals surface area contributed by atoms with Crippen molar-refractivity contribution >= 4 is 34.8 Å². The van der Waals surface area contributed by atoms with Crippen molar-refractivity contribution in [1.82, 2.24) is 29.3 Å². The third kappa shape index (κ3) is 5.19. The number of nitrogens with one attached hydrogen (secondary N) is 2. The number of amides is 2. The third-order valence-electron chi connectivity index (χ3n) is 5.45. The largest absolute Gasteiger partial charge is 0.471 e. The number of benzene rings is 1. The molecule has 0 unspecified atom stereocenters. The van der Waals surface area contributed by atoms with Crippen molar-refractivity contribution < 1.29 is 14.3 Å². The molecule has 11 nitrogen and oxygen atoms in total. The molecule has 0 radical (unpaired) electrons. The van der Waals surface area contributed by atoms with Crippen molar-refractivity contribution in [2.75, 3.05) is 10.6 Å². The molecule has 12 heteroatoms. The second-order valence-electron chi connectivity index (χ2n) is 7.82. The Kier molecular flexibility index (Phi) is 6.87. The molecular formula is C23H25ClN8O3. The van der Waals surface area contributed by atoms with Crippen molar-refractivity contribution in [1.29, 1.82) is 0 Å². The van der Waals surface area contributed by atoms with E-state index in [2.05, 4.69) is 25.9 Å². The Morgan fingerprint density at radius 2 is 1.80 bits per heavy atom. The molecule has 0 fully saturated rings. The van der Waals surface area contributed by atoms with Crippen LogP contribution in [-0.4, -0.2) is 41.2 Å². The molecule has 0 saturated carbocycles. The van der Waals surface area contributed by atoms with Crippen LogP contribution in [0.25, 0.3) is 0 Å². The maximum atomic E-state index is 13.0. The molecule has 0 saturated heterocycles. The lowest BCUT2D eigenvalue weighted by atomic mass is 10.2. The predicted octanol–water partition coefficient (Wildman–Crippen LogP) is 3.64. The summed E-state index contributed by atoms with van der Waals surface area (Å²) in [4.78, 5) is 25.9. The summed E-state index contributed by atoms with van der Waals surface area (Å²) in [5.41, 5.74) is 2.94. The van der Waals surface area contributed by atoms with E-state index in [4.69, 9.17) is 16.3 Å². The summed E-state index contributed by atoms with van der Waals surface area (Å²) in [6, 6.07) is 6.89. The first kappa shape index (κ1) is 24.0. The van der Waals surface area contributed by atoms with E-state index in [-0.39, 0.29) is 23.8 Å². The van der Waals surface area contributed by atoms with Crippen LogP contribution < -0.4 is 15.4 Å². The minimum atomic E-state index is -0.478. The van der Waals surface area contributed by atoms with Crippen LogP contribution in [0.5, 0.6) is 5.75 Å². The monoisotopic (exact) mass is 496 g/mol. The number of carbonyl (C=O) groups excluding carboxylic acids is 2. The average Bonchev–Trinajstić information content (AvgIpc) is 3.54. The fourth-order valence-corrected chi connectivity index (χ4v) is 3.64. The highest BCUT2D eigenvalue weighted by Crippen LogP contribution is 2.22. The molecule has 0 spiro atoms. The van der Waals surface area contributed by atoms with E-state index in [1.807, 2.05) is 20.8 Å². The Morgan fingerprint density at radius 3 is 2.49 bits per heavy atom. The molecule has 2 N–H and O–H groups in total. The Labute approximate surface area is 206 Å². The number of halogens is 1. The number of aromatic nitrogens is 6. The van der Waals surface area contributed by atoms with Crippen LogP contribution in [0.3, 0.4) is 0 Å². The van der Waals surface area contributed by atoms with Crippen molar-refractivity contribution in [3.8, 4) is 5.75 Å². The van der Waals surface area contributed by atoms with Gasteiger partial charge in [-0.25, -0.2) is 4.68 Å². The van der Waals surface area contributed by atoms with Crippen LogP contribution in [0.4, 0.5) is 11.4 Å². The van der Waals surface area contributed by atoms with Gasteiger partial charge in [-0.05, 0) is 50.6 Å². The Balaban J connectivity index is 1.45. The van der Waals surface area contributed by atoms with Gasteiger partial charge in [0.25, 0.3) is 11.8 Å². The maximum Gasteiger partial charge on any atom is 0.276 e. The molecular weight excluding hydrogens is 472 g/mol. The number of ether oxygens (including phenoxy) is 1. The zero-order chi connectivity index (χ0) is 25.1. The zero-order valence-corrected chi connectivity index (χ0v) is 20.5. The number of rotatable bonds is 8. The van der Waals surface area contributed by atoms with Gasteiger partial charge in [-0.1, -0.05) is 11.6 Å². The van der Waals surface area contributed by atoms with Gasteiger partial charge in [0, 0.05) is 24.8 Å². The van der Waals surface area contributed by atoms with E-state index in [9.17, 15) is 9.59 Å². The molecule has 4 rings (SSSR count). The molecule has 0 aliphatic heterocycles. The molecule has 4 aromatic rings. The molecule has 3 aromatic heterocycles. The highest BCUT2D eigenvalue weighted by atomic mass is 35.5. The molecule has 0 bridgehead atoms. The van der Waals surface area contributed by atoms with Gasteiger partial charge in [-0.3, -0.25) is 19.0 Å². The van der Waals surface area contributed by atoms with E-state index in [0.717, 1.165) is 11.3 Å². The number of carbonyl (C=O) groups is 2. The Morgan fingerprint density at radius 1 is 1.06 bits per heavy atom. The van der Waals surface area contributed by atoms with Gasteiger partial charge in [-0.15, -0.1) is 0 Å². The van der Waals surface area contributed by atoms with Gasteiger partial charge < -0.3 is 15.4 Å². The summed E-state index contributed by atoms with van der Waals surface area (Å²) in [5.74, 6) is -0.218. The molecule has 3 heterocycles. The summed E-state index contributed by atoms with van der Waals surface area (Å²) >= 11 is 5.98. The number of aryl methyl sites for hydroxylation is 3. The minimum Gasteiger partial charge on any atom is -0.471 e. The van der Waals surface area contributed by atoms with E-state index in [1.54, 1.807) is 48.4 Å². The Hall–Kier alpha value is -4.12. The quantitative estimate of drug-likeness (QED) is 0.384. The average molecular weight is 497 g/mol. The number of hydrogen-bond donors (Lipinski definition) is 2. The summed E-state index contributed by atoms with van der Waals surface area (Å²) in [5, 5.41) is 18.8. The van der Waals surface area contributed by atoms with E-state index >= 15 is 0 Å². The summed E-state index contributed by atoms with van der Waals surface area (Å²) in [6.45, 7) is 6.15. The molecule has 0 atom stereocenters. The third-order valence-corrected chi connectivity index (χ3v) is 5.68. The van der Waals surface area contributed by atoms with E-state index < -0.39 is 11.8 Å². The molecule has 2 amide bonds. The molecule has 0 aliphatic carbocycles. The standard InChI is InChI=1S/C23H25ClN8O3/c1-5-32-21(23(34)27-18-11-25-30(4)15(18)3)19(12-26-32)28-22(33)17-8-9-31(29-17)13-35-20-7-6-16(24)10-14(20)2/h6-12H,5,13H2,1-4H3,(H,27,34)(H,28,33). The van der Waals surface area contributed by atoms with Crippen LogP contribution in [0.1, 0.15) is 39.2 Å². The first-order valence-electron chi connectivity index (χ1n) is 10.9. The summed E-state index contributed by atoms with van der Waals surface area (Å²) < 4.78 is 10.4. The fourth-order valence-electron chi connectivity index (χ4n) is 3.41. The van der Waals surface area contributed by atoms with E-state index in [0.29, 0.717) is 23.0 Å². The topological polar surface area (TPSA) is 121 Å². The van der Waals surface area contributed by atoms with Gasteiger partial charge in [0.05, 0.1) is 29.5 Å². The van der Waals surface area contributed by atoms with Gasteiger partial charge in [0.2, 0.25) is 0 Å². The molecule has 35 heavy (non-hydrogen) atoms. The first-order valence-corrected chi connectivity index (χ1v) is 11.2. The van der Waals surface area contributed by atoms with Crippen LogP contribution in [-0.2, 0) is 20.3 Å². The number of anilines is 2. The second-order valence-corrected chi connectivity index (χ2v) is 8.26. The number of nitrogens with zero attached hydrogens (tertiary/aromatic N) is 6. The van der Waals surface area contributed by atoms with Crippen LogP contribution in [0, 0.1) is 13.8 Å². The van der Waals surface area contributed by atoms with Crippen LogP contribution >= 0.6 is 11.6 Å². The molecule has 1 aromatic carbocycles. The maximum absolute atomic E-state index is 13.0. The van der Waals surface area contributed by atoms with Crippen molar-refractivity contribution in [3.63, 3.8) is 0 Å². The number of hydrogen-bond acceptors (Lipinski definition) is 6. The van der Waals surface area contributed by atoms with Gasteiger partial charge in [0.15, 0.2) is 12.4 Å². The minimum absolute atomic E-state index is 0.113. The van der Waals surface area contributed by atoms with E-state index in [1.165, 1.54) is 15.6 Å². The van der Waals surface area contributed by atoms with Crippen LogP contribution in [0.2, 0.25) is 5.02 Å². The predicted molar refractivity (Wildman–Crippen MR) is 131 cm³/mol. The smallest absolute Gasteiger partial charge is 0.276 e. The van der Waals surface area contributed by atoms with Crippen LogP contribution in [0.15, 0.2) is 42.9 Å². The second kappa shape index (κ2) is 10.0. The summed E-state index contributed by atoms with van der Waals surface area (Å²) in [7, 11) is 1.79.